The Bertz CT molecular complexity index is 511. The van der Waals surface area contributed by atoms with Crippen LogP contribution in [0, 0.1) is 11.7 Å². The average Bonchev–Trinajstić information content (AvgIpc) is 2.75. The van der Waals surface area contributed by atoms with Crippen molar-refractivity contribution >= 4 is 11.7 Å². The van der Waals surface area contributed by atoms with Crippen LogP contribution in [0.25, 0.3) is 0 Å². The summed E-state index contributed by atoms with van der Waals surface area (Å²) in [4.78, 5) is 23.4. The predicted octanol–water partition coefficient (Wildman–Crippen LogP) is 2.20. The van der Waals surface area contributed by atoms with Gasteiger partial charge in [-0.1, -0.05) is 26.0 Å². The molecule has 1 amide bonds. The van der Waals surface area contributed by atoms with Crippen molar-refractivity contribution in [3.63, 3.8) is 0 Å². The minimum absolute atomic E-state index is 0.116. The normalized spacial score (nSPS) is 18.7. The molecule has 0 saturated carbocycles. The first kappa shape index (κ1) is 13.7. The Balaban J connectivity index is 2.09. The zero-order valence-corrected chi connectivity index (χ0v) is 11.2. The minimum Gasteiger partial charge on any atom is -0.355 e. The monoisotopic (exact) mass is 263 g/mol. The molecular weight excluding hydrogens is 245 g/mol. The van der Waals surface area contributed by atoms with Crippen molar-refractivity contribution < 1.29 is 14.0 Å². The van der Waals surface area contributed by atoms with E-state index in [0.29, 0.717) is 24.1 Å². The fourth-order valence-electron chi connectivity index (χ4n) is 2.37. The van der Waals surface area contributed by atoms with Gasteiger partial charge in [-0.2, -0.15) is 0 Å². The molecule has 1 atom stereocenters. The molecule has 3 nitrogen and oxygen atoms in total. The summed E-state index contributed by atoms with van der Waals surface area (Å²) in [6, 6.07) is 4.89. The Labute approximate surface area is 112 Å². The van der Waals surface area contributed by atoms with Crippen molar-refractivity contribution in [2.75, 3.05) is 6.54 Å². The molecule has 102 valence electrons. The lowest BCUT2D eigenvalue weighted by Gasteiger charge is -2.10. The summed E-state index contributed by atoms with van der Waals surface area (Å²) in [6.07, 6.45) is 0.664. The second-order valence-corrected chi connectivity index (χ2v) is 5.29. The van der Waals surface area contributed by atoms with E-state index in [1.54, 1.807) is 12.1 Å². The van der Waals surface area contributed by atoms with E-state index in [4.69, 9.17) is 0 Å². The summed E-state index contributed by atoms with van der Waals surface area (Å²) in [7, 11) is 0. The van der Waals surface area contributed by atoms with Crippen LogP contribution in [-0.2, 0) is 16.0 Å². The maximum absolute atomic E-state index is 13.8. The first-order valence-electron chi connectivity index (χ1n) is 6.57. The van der Waals surface area contributed by atoms with E-state index in [-0.39, 0.29) is 29.8 Å². The lowest BCUT2D eigenvalue weighted by molar-refractivity contribution is -0.131. The number of carbonyl (C=O) groups is 2. The van der Waals surface area contributed by atoms with E-state index in [0.717, 1.165) is 0 Å². The Morgan fingerprint density at radius 2 is 2.21 bits per heavy atom. The van der Waals surface area contributed by atoms with Crippen molar-refractivity contribution in [3.05, 3.63) is 35.1 Å². The van der Waals surface area contributed by atoms with Crippen LogP contribution in [0.15, 0.2) is 18.2 Å². The SMILES string of the molecule is CC(C)c1ccc(CC(=O)C2CCNC2=O)cc1F. The topological polar surface area (TPSA) is 46.2 Å². The van der Waals surface area contributed by atoms with Crippen LogP contribution in [0.3, 0.4) is 0 Å². The maximum atomic E-state index is 13.8. The molecule has 2 rings (SSSR count). The third-order valence-corrected chi connectivity index (χ3v) is 3.50. The number of hydrogen-bond acceptors (Lipinski definition) is 2. The van der Waals surface area contributed by atoms with Crippen molar-refractivity contribution in [1.29, 1.82) is 0 Å². The van der Waals surface area contributed by atoms with Crippen LogP contribution in [0.2, 0.25) is 0 Å². The minimum atomic E-state index is -0.562. The zero-order chi connectivity index (χ0) is 14.0. The summed E-state index contributed by atoms with van der Waals surface area (Å²) in [6.45, 7) is 4.40. The molecule has 0 bridgehead atoms. The highest BCUT2D eigenvalue weighted by Crippen LogP contribution is 2.21. The molecule has 1 aromatic carbocycles. The number of hydrogen-bond donors (Lipinski definition) is 1. The molecule has 0 spiro atoms. The molecule has 19 heavy (non-hydrogen) atoms. The van der Waals surface area contributed by atoms with E-state index < -0.39 is 5.92 Å². The molecule has 1 aromatic rings. The van der Waals surface area contributed by atoms with Gasteiger partial charge < -0.3 is 5.32 Å². The van der Waals surface area contributed by atoms with Crippen LogP contribution in [0.5, 0.6) is 0 Å². The second-order valence-electron chi connectivity index (χ2n) is 5.29. The van der Waals surface area contributed by atoms with E-state index in [1.807, 2.05) is 13.8 Å². The van der Waals surface area contributed by atoms with E-state index in [9.17, 15) is 14.0 Å². The first-order valence-corrected chi connectivity index (χ1v) is 6.57. The highest BCUT2D eigenvalue weighted by molar-refractivity contribution is 6.03. The number of halogens is 1. The first-order chi connectivity index (χ1) is 8.99. The van der Waals surface area contributed by atoms with Crippen LogP contribution in [0.4, 0.5) is 4.39 Å². The van der Waals surface area contributed by atoms with Crippen molar-refractivity contribution in [2.24, 2.45) is 5.92 Å². The largest absolute Gasteiger partial charge is 0.355 e. The van der Waals surface area contributed by atoms with Crippen LogP contribution >= 0.6 is 0 Å². The standard InChI is InChI=1S/C15H18FNO2/c1-9(2)11-4-3-10(7-13(11)16)8-14(18)12-5-6-17-15(12)19/h3-4,7,9,12H,5-6,8H2,1-2H3,(H,17,19). The van der Waals surface area contributed by atoms with Gasteiger partial charge in [-0.15, -0.1) is 0 Å². The van der Waals surface area contributed by atoms with Gasteiger partial charge in [-0.25, -0.2) is 4.39 Å². The van der Waals surface area contributed by atoms with Crippen molar-refractivity contribution in [2.45, 2.75) is 32.6 Å². The number of benzene rings is 1. The fraction of sp³-hybridized carbons (Fsp3) is 0.467. The molecule has 0 aromatic heterocycles. The molecule has 0 radical (unpaired) electrons. The summed E-state index contributed by atoms with van der Waals surface area (Å²) < 4.78 is 13.8. The molecule has 1 fully saturated rings. The number of Topliss-reactive ketones (excluding diaryl/α,β-unsaturated/α-hetero) is 1. The van der Waals surface area contributed by atoms with Gasteiger partial charge in [0.25, 0.3) is 0 Å². The van der Waals surface area contributed by atoms with Gasteiger partial charge in [0.05, 0.1) is 5.92 Å². The number of rotatable bonds is 4. The lowest BCUT2D eigenvalue weighted by atomic mass is 9.94. The summed E-state index contributed by atoms with van der Waals surface area (Å²) in [5.74, 6) is -1.06. The molecule has 1 unspecified atom stereocenters. The Morgan fingerprint density at radius 3 is 2.74 bits per heavy atom. The Hall–Kier alpha value is -1.71. The van der Waals surface area contributed by atoms with E-state index in [2.05, 4.69) is 5.32 Å². The number of carbonyl (C=O) groups excluding carboxylic acids is 2. The molecule has 0 aliphatic carbocycles. The van der Waals surface area contributed by atoms with Crippen LogP contribution < -0.4 is 5.32 Å². The average molecular weight is 263 g/mol. The molecule has 1 aliphatic heterocycles. The highest BCUT2D eigenvalue weighted by Gasteiger charge is 2.30. The van der Waals surface area contributed by atoms with Gasteiger partial charge in [0.1, 0.15) is 11.6 Å². The van der Waals surface area contributed by atoms with E-state index in [1.165, 1.54) is 6.07 Å². The van der Waals surface area contributed by atoms with E-state index >= 15 is 0 Å². The quantitative estimate of drug-likeness (QED) is 0.846. The second kappa shape index (κ2) is 5.51. The van der Waals surface area contributed by atoms with Gasteiger partial charge in [0.15, 0.2) is 0 Å². The smallest absolute Gasteiger partial charge is 0.230 e. The summed E-state index contributed by atoms with van der Waals surface area (Å²) in [5.41, 5.74) is 1.28. The van der Waals surface area contributed by atoms with Gasteiger partial charge in [-0.05, 0) is 29.5 Å². The van der Waals surface area contributed by atoms with Gasteiger partial charge >= 0.3 is 0 Å². The zero-order valence-electron chi connectivity index (χ0n) is 11.2. The molecule has 1 N–H and O–H groups in total. The van der Waals surface area contributed by atoms with Crippen molar-refractivity contribution in [1.82, 2.24) is 5.32 Å². The predicted molar refractivity (Wildman–Crippen MR) is 70.3 cm³/mol. The number of nitrogens with one attached hydrogen (secondary N) is 1. The summed E-state index contributed by atoms with van der Waals surface area (Å²) in [5, 5.41) is 2.64. The molecule has 4 heteroatoms. The van der Waals surface area contributed by atoms with Crippen molar-refractivity contribution in [3.8, 4) is 0 Å². The molecule has 1 saturated heterocycles. The van der Waals surface area contributed by atoms with Gasteiger partial charge in [0, 0.05) is 13.0 Å². The lowest BCUT2D eigenvalue weighted by Crippen LogP contribution is -2.26. The number of ketones is 1. The van der Waals surface area contributed by atoms with Crippen LogP contribution in [0.1, 0.15) is 37.3 Å². The third-order valence-electron chi connectivity index (χ3n) is 3.50. The fourth-order valence-corrected chi connectivity index (χ4v) is 2.37. The summed E-state index contributed by atoms with van der Waals surface area (Å²) >= 11 is 0. The maximum Gasteiger partial charge on any atom is 0.230 e. The number of amides is 1. The third kappa shape index (κ3) is 3.00. The van der Waals surface area contributed by atoms with Gasteiger partial charge in [-0.3, -0.25) is 9.59 Å². The van der Waals surface area contributed by atoms with Gasteiger partial charge in [0.2, 0.25) is 5.91 Å². The Morgan fingerprint density at radius 1 is 1.47 bits per heavy atom. The Kier molecular flexibility index (Phi) is 3.98. The molecular formula is C15H18FNO2. The van der Waals surface area contributed by atoms with Crippen LogP contribution in [-0.4, -0.2) is 18.2 Å². The highest BCUT2D eigenvalue weighted by atomic mass is 19.1. The molecule has 1 heterocycles. The molecule has 1 aliphatic rings.